The lowest BCUT2D eigenvalue weighted by Gasteiger charge is -2.36. The minimum absolute atomic E-state index is 0.213. The smallest absolute Gasteiger partial charge is 0.371 e. The molecule has 2 aliphatic rings. The van der Waals surface area contributed by atoms with Crippen LogP contribution < -0.4 is 14.9 Å². The van der Waals surface area contributed by atoms with Crippen molar-refractivity contribution in [3.05, 3.63) is 83.4 Å². The molecule has 1 amide bonds. The molecule has 1 aliphatic carbocycles. The van der Waals surface area contributed by atoms with Crippen LogP contribution in [0, 0.1) is 0 Å². The number of anilines is 1. The Kier molecular flexibility index (Phi) is 8.42. The quantitative estimate of drug-likeness (QED) is 0.335. The summed E-state index contributed by atoms with van der Waals surface area (Å²) in [6, 6.07) is 19.5. The van der Waals surface area contributed by atoms with Crippen LogP contribution in [0.25, 0.3) is 11.1 Å². The second-order valence-electron chi connectivity index (χ2n) is 10.7. The van der Waals surface area contributed by atoms with E-state index in [9.17, 15) is 26.4 Å². The van der Waals surface area contributed by atoms with Crippen LogP contribution in [0.1, 0.15) is 55.2 Å². The van der Waals surface area contributed by atoms with Crippen molar-refractivity contribution in [3.8, 4) is 11.1 Å². The first-order valence-corrected chi connectivity index (χ1v) is 15.5. The number of nitrogens with zero attached hydrogens (tertiary/aromatic N) is 1. The zero-order chi connectivity index (χ0) is 29.2. The van der Waals surface area contributed by atoms with Gasteiger partial charge in [0.25, 0.3) is 0 Å². The predicted octanol–water partition coefficient (Wildman–Crippen LogP) is 5.77. The van der Waals surface area contributed by atoms with Crippen molar-refractivity contribution < 1.29 is 26.4 Å². The lowest BCUT2D eigenvalue weighted by Crippen LogP contribution is -2.45. The van der Waals surface area contributed by atoms with Gasteiger partial charge in [-0.05, 0) is 71.7 Å². The number of nitrogens with one attached hydrogen (secondary N) is 2. The van der Waals surface area contributed by atoms with Gasteiger partial charge in [0, 0.05) is 24.8 Å². The largest absolute Gasteiger partial charge is 0.405 e. The topological polar surface area (TPSA) is 78.5 Å². The highest BCUT2D eigenvalue weighted by Crippen LogP contribution is 2.49. The fraction of sp³-hybridized carbons (Fsp3) is 0.387. The van der Waals surface area contributed by atoms with E-state index < -0.39 is 34.6 Å². The number of hydrogen-bond acceptors (Lipinski definition) is 4. The van der Waals surface area contributed by atoms with Crippen molar-refractivity contribution in [2.24, 2.45) is 0 Å². The predicted molar refractivity (Wildman–Crippen MR) is 153 cm³/mol. The van der Waals surface area contributed by atoms with E-state index in [-0.39, 0.29) is 10.9 Å². The van der Waals surface area contributed by atoms with E-state index >= 15 is 0 Å². The fourth-order valence-electron chi connectivity index (χ4n) is 5.97. The molecule has 3 aromatic rings. The average Bonchev–Trinajstić information content (AvgIpc) is 3.30. The van der Waals surface area contributed by atoms with Gasteiger partial charge < -0.3 is 10.2 Å². The van der Waals surface area contributed by atoms with Crippen molar-refractivity contribution in [2.45, 2.75) is 62.1 Å². The standard InChI is InChI=1S/C31H34F3N3O3S/c1-2-3-11-26-27(37-18-16-21(17-19-37)36-41(39,40)22-9-5-4-6-10-22)15-14-25-23-12-7-8-13-24(23)29(28(25)26)30(38)35-20-31(32,33)34/h4-10,12-15,21,29,36H,2-3,11,16-20H2,1H3,(H,35,38). The monoisotopic (exact) mass is 585 g/mol. The molecule has 3 aromatic carbocycles. The molecule has 41 heavy (non-hydrogen) atoms. The Morgan fingerprint density at radius 2 is 1.63 bits per heavy atom. The normalized spacial score (nSPS) is 17.3. The van der Waals surface area contributed by atoms with Crippen LogP contribution in [0.15, 0.2) is 71.6 Å². The fourth-order valence-corrected chi connectivity index (χ4v) is 7.29. The van der Waals surface area contributed by atoms with Crippen LogP contribution in [-0.4, -0.2) is 46.2 Å². The minimum atomic E-state index is -4.50. The molecule has 0 saturated carbocycles. The van der Waals surface area contributed by atoms with Crippen LogP contribution in [-0.2, 0) is 21.2 Å². The van der Waals surface area contributed by atoms with E-state index in [4.69, 9.17) is 0 Å². The highest BCUT2D eigenvalue weighted by Gasteiger charge is 2.39. The van der Waals surface area contributed by atoms with Gasteiger partial charge in [-0.15, -0.1) is 0 Å². The Hall–Kier alpha value is -3.37. The van der Waals surface area contributed by atoms with Gasteiger partial charge in [-0.1, -0.05) is 61.9 Å². The molecule has 1 unspecified atom stereocenters. The molecule has 6 nitrogen and oxygen atoms in total. The van der Waals surface area contributed by atoms with Gasteiger partial charge in [0.05, 0.1) is 10.8 Å². The second kappa shape index (κ2) is 11.9. The number of hydrogen-bond donors (Lipinski definition) is 2. The molecule has 1 fully saturated rings. The van der Waals surface area contributed by atoms with Crippen molar-refractivity contribution in [1.29, 1.82) is 0 Å². The highest BCUT2D eigenvalue weighted by atomic mass is 32.2. The Morgan fingerprint density at radius 1 is 0.951 bits per heavy atom. The summed E-state index contributed by atoms with van der Waals surface area (Å²) in [6.07, 6.45) is -0.824. The maximum absolute atomic E-state index is 13.3. The summed E-state index contributed by atoms with van der Waals surface area (Å²) >= 11 is 0. The third-order valence-corrected chi connectivity index (χ3v) is 9.44. The van der Waals surface area contributed by atoms with Crippen LogP contribution in [0.5, 0.6) is 0 Å². The maximum atomic E-state index is 13.3. The third-order valence-electron chi connectivity index (χ3n) is 7.90. The number of halogens is 3. The lowest BCUT2D eigenvalue weighted by atomic mass is 9.88. The van der Waals surface area contributed by atoms with Crippen LogP contribution in [0.4, 0.5) is 18.9 Å². The zero-order valence-electron chi connectivity index (χ0n) is 22.9. The summed E-state index contributed by atoms with van der Waals surface area (Å²) in [5, 5.41) is 2.13. The van der Waals surface area contributed by atoms with Crippen molar-refractivity contribution in [1.82, 2.24) is 10.0 Å². The first-order chi connectivity index (χ1) is 19.6. The minimum Gasteiger partial charge on any atom is -0.371 e. The molecular formula is C31H34F3N3O3S. The number of alkyl halides is 3. The van der Waals surface area contributed by atoms with Crippen molar-refractivity contribution in [2.75, 3.05) is 24.5 Å². The molecule has 1 saturated heterocycles. The van der Waals surface area contributed by atoms with Gasteiger partial charge in [0.2, 0.25) is 15.9 Å². The number of unbranched alkanes of at least 4 members (excludes halogenated alkanes) is 1. The number of rotatable bonds is 9. The molecule has 0 bridgehead atoms. The number of carbonyl (C=O) groups is 1. The molecule has 1 aliphatic heterocycles. The van der Waals surface area contributed by atoms with Gasteiger partial charge in [-0.25, -0.2) is 13.1 Å². The summed E-state index contributed by atoms with van der Waals surface area (Å²) in [4.78, 5) is 15.8. The number of carbonyl (C=O) groups excluding carboxylic acids is 1. The second-order valence-corrected chi connectivity index (χ2v) is 12.4. The van der Waals surface area contributed by atoms with E-state index in [0.717, 1.165) is 40.8 Å². The van der Waals surface area contributed by atoms with Crippen molar-refractivity contribution in [3.63, 3.8) is 0 Å². The summed E-state index contributed by atoms with van der Waals surface area (Å²) in [5.41, 5.74) is 5.19. The Morgan fingerprint density at radius 3 is 2.32 bits per heavy atom. The zero-order valence-corrected chi connectivity index (χ0v) is 23.7. The Bertz CT molecular complexity index is 1500. The van der Waals surface area contributed by atoms with Gasteiger partial charge in [0.15, 0.2) is 0 Å². The van der Waals surface area contributed by atoms with Gasteiger partial charge in [-0.3, -0.25) is 4.79 Å². The van der Waals surface area contributed by atoms with Crippen LogP contribution >= 0.6 is 0 Å². The molecule has 5 rings (SSSR count). The summed E-state index contributed by atoms with van der Waals surface area (Å²) in [7, 11) is -3.63. The molecule has 0 aromatic heterocycles. The molecule has 1 atom stereocenters. The first kappa shape index (κ1) is 29.1. The average molecular weight is 586 g/mol. The molecular weight excluding hydrogens is 551 g/mol. The van der Waals surface area contributed by atoms with E-state index in [1.807, 2.05) is 36.4 Å². The maximum Gasteiger partial charge on any atom is 0.405 e. The van der Waals surface area contributed by atoms with E-state index in [2.05, 4.69) is 21.9 Å². The molecule has 10 heteroatoms. The number of fused-ring (bicyclic) bond motifs is 3. The lowest BCUT2D eigenvalue weighted by molar-refractivity contribution is -0.138. The van der Waals surface area contributed by atoms with Crippen molar-refractivity contribution >= 4 is 21.6 Å². The molecule has 1 heterocycles. The SMILES string of the molecule is CCCCc1c(N2CCC(NS(=O)(=O)c3ccccc3)CC2)ccc2c1C(C(=O)NCC(F)(F)F)c1ccccc1-2. The van der Waals surface area contributed by atoms with E-state index in [1.165, 1.54) is 0 Å². The molecule has 2 N–H and O–H groups in total. The van der Waals surface area contributed by atoms with Crippen LogP contribution in [0.2, 0.25) is 0 Å². The number of amides is 1. The molecule has 0 spiro atoms. The van der Waals surface area contributed by atoms with E-state index in [1.54, 1.807) is 30.3 Å². The number of sulfonamides is 1. The third kappa shape index (κ3) is 6.28. The first-order valence-electron chi connectivity index (χ1n) is 14.0. The van der Waals surface area contributed by atoms with Gasteiger partial charge >= 0.3 is 6.18 Å². The van der Waals surface area contributed by atoms with Gasteiger partial charge in [-0.2, -0.15) is 13.2 Å². The summed E-state index contributed by atoms with van der Waals surface area (Å²) in [6.45, 7) is 1.92. The molecule has 218 valence electrons. The molecule has 0 radical (unpaired) electrons. The van der Waals surface area contributed by atoms with Gasteiger partial charge in [0.1, 0.15) is 6.54 Å². The highest BCUT2D eigenvalue weighted by molar-refractivity contribution is 7.89. The van der Waals surface area contributed by atoms with E-state index in [0.29, 0.717) is 37.9 Å². The summed E-state index contributed by atoms with van der Waals surface area (Å²) < 4.78 is 67.6. The van der Waals surface area contributed by atoms with Crippen LogP contribution in [0.3, 0.4) is 0 Å². The number of piperidine rings is 1. The summed E-state index contributed by atoms with van der Waals surface area (Å²) in [5.74, 6) is -1.48. The Balaban J connectivity index is 1.43. The number of benzene rings is 3. The Labute approximate surface area is 239 Å².